The van der Waals surface area contributed by atoms with Crippen molar-refractivity contribution in [3.05, 3.63) is 29.3 Å². The van der Waals surface area contributed by atoms with Crippen LogP contribution in [0, 0.1) is 6.92 Å². The van der Waals surface area contributed by atoms with Crippen LogP contribution in [0.5, 0.6) is 5.75 Å². The van der Waals surface area contributed by atoms with Crippen molar-refractivity contribution in [2.45, 2.75) is 13.3 Å². The summed E-state index contributed by atoms with van der Waals surface area (Å²) in [7, 11) is 1.53. The molecule has 0 aliphatic heterocycles. The summed E-state index contributed by atoms with van der Waals surface area (Å²) in [6.07, 6.45) is 0.0537. The summed E-state index contributed by atoms with van der Waals surface area (Å²) in [6, 6.07) is 5.51. The number of rotatable bonds is 5. The number of amides is 1. The van der Waals surface area contributed by atoms with Gasteiger partial charge in [0.1, 0.15) is 5.75 Å². The molecule has 1 rings (SSSR count). The summed E-state index contributed by atoms with van der Waals surface area (Å²) in [5.74, 6) is -0.561. The number of carbonyl (C=O) groups is 2. The van der Waals surface area contributed by atoms with Crippen molar-refractivity contribution in [1.29, 1.82) is 0 Å². The largest absolute Gasteiger partial charge is 0.496 e. The molecule has 0 aliphatic rings. The number of primary amides is 1. The predicted molar refractivity (Wildman–Crippen MR) is 61.6 cm³/mol. The summed E-state index contributed by atoms with van der Waals surface area (Å²) < 4.78 is 9.81. The molecule has 0 saturated carbocycles. The lowest BCUT2D eigenvalue weighted by Crippen LogP contribution is -2.21. The van der Waals surface area contributed by atoms with Gasteiger partial charge in [0, 0.05) is 5.56 Å². The third-order valence-electron chi connectivity index (χ3n) is 2.15. The Morgan fingerprint density at radius 3 is 2.65 bits per heavy atom. The van der Waals surface area contributed by atoms with E-state index in [0.717, 1.165) is 11.1 Å². The quantitative estimate of drug-likeness (QED) is 0.759. The van der Waals surface area contributed by atoms with Crippen LogP contribution in [0.2, 0.25) is 0 Å². The fraction of sp³-hybridized carbons (Fsp3) is 0.333. The molecule has 5 heteroatoms. The van der Waals surface area contributed by atoms with Gasteiger partial charge in [0.15, 0.2) is 6.61 Å². The van der Waals surface area contributed by atoms with E-state index in [4.69, 9.17) is 10.5 Å². The number of nitrogens with two attached hydrogens (primary N) is 1. The highest BCUT2D eigenvalue weighted by Gasteiger charge is 2.10. The number of aryl methyl sites for hydroxylation is 1. The molecule has 0 fully saturated rings. The van der Waals surface area contributed by atoms with E-state index in [2.05, 4.69) is 4.74 Å². The first-order valence-corrected chi connectivity index (χ1v) is 5.10. The van der Waals surface area contributed by atoms with Gasteiger partial charge < -0.3 is 15.2 Å². The molecule has 1 amide bonds. The van der Waals surface area contributed by atoms with Crippen molar-refractivity contribution in [2.75, 3.05) is 13.7 Å². The van der Waals surface area contributed by atoms with Gasteiger partial charge in [-0.1, -0.05) is 17.7 Å². The van der Waals surface area contributed by atoms with Crippen LogP contribution in [0.15, 0.2) is 18.2 Å². The molecule has 0 aliphatic carbocycles. The zero-order valence-corrected chi connectivity index (χ0v) is 9.86. The van der Waals surface area contributed by atoms with E-state index in [1.54, 1.807) is 6.07 Å². The molecular weight excluding hydrogens is 222 g/mol. The van der Waals surface area contributed by atoms with Crippen molar-refractivity contribution in [2.24, 2.45) is 5.73 Å². The van der Waals surface area contributed by atoms with E-state index in [-0.39, 0.29) is 6.42 Å². The molecule has 0 spiro atoms. The zero-order chi connectivity index (χ0) is 12.8. The summed E-state index contributed by atoms with van der Waals surface area (Å²) in [4.78, 5) is 21.9. The summed E-state index contributed by atoms with van der Waals surface area (Å²) >= 11 is 0. The third kappa shape index (κ3) is 4.14. The van der Waals surface area contributed by atoms with Crippen LogP contribution in [0.4, 0.5) is 0 Å². The number of ether oxygens (including phenoxy) is 2. The average Bonchev–Trinajstić information content (AvgIpc) is 2.27. The highest BCUT2D eigenvalue weighted by molar-refractivity contribution is 5.80. The normalized spacial score (nSPS) is 9.76. The van der Waals surface area contributed by atoms with Gasteiger partial charge in [0.25, 0.3) is 5.91 Å². The van der Waals surface area contributed by atoms with Crippen LogP contribution >= 0.6 is 0 Å². The molecule has 0 saturated heterocycles. The molecule has 0 unspecified atom stereocenters. The molecule has 0 heterocycles. The van der Waals surface area contributed by atoms with Crippen molar-refractivity contribution in [1.82, 2.24) is 0 Å². The fourth-order valence-corrected chi connectivity index (χ4v) is 1.40. The van der Waals surface area contributed by atoms with Crippen LogP contribution < -0.4 is 10.5 Å². The Bertz CT molecular complexity index is 429. The first-order chi connectivity index (χ1) is 8.02. The molecule has 1 aromatic rings. The van der Waals surface area contributed by atoms with Gasteiger partial charge in [-0.15, -0.1) is 0 Å². The van der Waals surface area contributed by atoms with Crippen LogP contribution in [0.25, 0.3) is 0 Å². The smallest absolute Gasteiger partial charge is 0.310 e. The van der Waals surface area contributed by atoms with Gasteiger partial charge in [0.2, 0.25) is 0 Å². The average molecular weight is 237 g/mol. The summed E-state index contributed by atoms with van der Waals surface area (Å²) in [5, 5.41) is 0. The van der Waals surface area contributed by atoms with Gasteiger partial charge in [-0.3, -0.25) is 9.59 Å². The Morgan fingerprint density at radius 1 is 1.35 bits per heavy atom. The van der Waals surface area contributed by atoms with E-state index in [0.29, 0.717) is 5.75 Å². The van der Waals surface area contributed by atoms with Crippen LogP contribution in [-0.4, -0.2) is 25.6 Å². The lowest BCUT2D eigenvalue weighted by atomic mass is 10.1. The number of hydrogen-bond acceptors (Lipinski definition) is 4. The minimum absolute atomic E-state index is 0.0537. The second kappa shape index (κ2) is 5.89. The lowest BCUT2D eigenvalue weighted by molar-refractivity contribution is -0.147. The van der Waals surface area contributed by atoms with Crippen LogP contribution in [-0.2, 0) is 20.7 Å². The highest BCUT2D eigenvalue weighted by atomic mass is 16.5. The molecule has 1 aromatic carbocycles. The SMILES string of the molecule is COc1ccc(C)cc1CC(=O)OCC(N)=O. The van der Waals surface area contributed by atoms with Crippen LogP contribution in [0.3, 0.4) is 0 Å². The molecule has 0 atom stereocenters. The van der Waals surface area contributed by atoms with Gasteiger partial charge in [0.05, 0.1) is 13.5 Å². The number of esters is 1. The fourth-order valence-electron chi connectivity index (χ4n) is 1.40. The topological polar surface area (TPSA) is 78.6 Å². The molecule has 0 aromatic heterocycles. The Balaban J connectivity index is 2.69. The standard InChI is InChI=1S/C12H15NO4/c1-8-3-4-10(16-2)9(5-8)6-12(15)17-7-11(13)14/h3-5H,6-7H2,1-2H3,(H2,13,14). The Hall–Kier alpha value is -2.04. The van der Waals surface area contributed by atoms with Crippen molar-refractivity contribution >= 4 is 11.9 Å². The zero-order valence-electron chi connectivity index (χ0n) is 9.86. The third-order valence-corrected chi connectivity index (χ3v) is 2.15. The first kappa shape index (κ1) is 13.0. The van der Waals surface area contributed by atoms with Crippen molar-refractivity contribution in [3.63, 3.8) is 0 Å². The van der Waals surface area contributed by atoms with Gasteiger partial charge in [-0.25, -0.2) is 0 Å². The number of methoxy groups -OCH3 is 1. The maximum absolute atomic E-state index is 11.4. The second-order valence-electron chi connectivity index (χ2n) is 3.62. The number of hydrogen-bond donors (Lipinski definition) is 1. The lowest BCUT2D eigenvalue weighted by Gasteiger charge is -2.08. The highest BCUT2D eigenvalue weighted by Crippen LogP contribution is 2.20. The molecule has 0 radical (unpaired) electrons. The number of benzene rings is 1. The predicted octanol–water partition coefficient (Wildman–Crippen LogP) is 0.575. The Morgan fingerprint density at radius 2 is 2.06 bits per heavy atom. The Labute approximate surface area is 99.5 Å². The number of carbonyl (C=O) groups excluding carboxylic acids is 2. The summed E-state index contributed by atoms with van der Waals surface area (Å²) in [5.41, 5.74) is 6.61. The molecule has 17 heavy (non-hydrogen) atoms. The minimum Gasteiger partial charge on any atom is -0.496 e. The summed E-state index contributed by atoms with van der Waals surface area (Å²) in [6.45, 7) is 1.52. The maximum atomic E-state index is 11.4. The molecule has 2 N–H and O–H groups in total. The van der Waals surface area contributed by atoms with Gasteiger partial charge in [-0.2, -0.15) is 0 Å². The monoisotopic (exact) mass is 237 g/mol. The van der Waals surface area contributed by atoms with Crippen molar-refractivity contribution in [3.8, 4) is 5.75 Å². The van der Waals surface area contributed by atoms with Crippen molar-refractivity contribution < 1.29 is 19.1 Å². The minimum atomic E-state index is -0.672. The van der Waals surface area contributed by atoms with Crippen LogP contribution in [0.1, 0.15) is 11.1 Å². The second-order valence-corrected chi connectivity index (χ2v) is 3.62. The van der Waals surface area contributed by atoms with E-state index >= 15 is 0 Å². The Kier molecular flexibility index (Phi) is 4.51. The first-order valence-electron chi connectivity index (χ1n) is 5.10. The maximum Gasteiger partial charge on any atom is 0.310 e. The van der Waals surface area contributed by atoms with E-state index in [9.17, 15) is 9.59 Å². The van der Waals surface area contributed by atoms with E-state index < -0.39 is 18.5 Å². The van der Waals surface area contributed by atoms with E-state index in [1.807, 2.05) is 19.1 Å². The molecule has 92 valence electrons. The molecular formula is C12H15NO4. The van der Waals surface area contributed by atoms with Gasteiger partial charge >= 0.3 is 5.97 Å². The van der Waals surface area contributed by atoms with Gasteiger partial charge in [-0.05, 0) is 13.0 Å². The van der Waals surface area contributed by atoms with E-state index in [1.165, 1.54) is 7.11 Å². The molecule has 0 bridgehead atoms. The molecule has 5 nitrogen and oxygen atoms in total.